The van der Waals surface area contributed by atoms with Gasteiger partial charge in [-0.3, -0.25) is 9.59 Å². The van der Waals surface area contributed by atoms with Crippen molar-refractivity contribution in [1.29, 1.82) is 0 Å². The molecule has 0 spiro atoms. The number of nitrogens with one attached hydrogen (secondary N) is 1. The number of amides is 1. The van der Waals surface area contributed by atoms with Gasteiger partial charge in [0.25, 0.3) is 12.4 Å². The summed E-state index contributed by atoms with van der Waals surface area (Å²) in [4.78, 5) is 23.3. The third-order valence-corrected chi connectivity index (χ3v) is 16.0. The van der Waals surface area contributed by atoms with E-state index in [2.05, 4.69) is 58.3 Å². The molecule has 0 aromatic rings. The third-order valence-electron chi connectivity index (χ3n) is 14.9. The molecular weight excluding hydrogens is 1040 g/mol. The number of hydrogen-bond donors (Lipinski definition) is 12. The van der Waals surface area contributed by atoms with Crippen LogP contribution in [0.25, 0.3) is 0 Å². The van der Waals surface area contributed by atoms with Gasteiger partial charge in [0.05, 0.1) is 63.8 Å². The Morgan fingerprint density at radius 1 is 0.597 bits per heavy atom. The second-order valence-electron chi connectivity index (χ2n) is 21.1. The van der Waals surface area contributed by atoms with Gasteiger partial charge in [0, 0.05) is 35.4 Å². The van der Waals surface area contributed by atoms with Gasteiger partial charge in [-0.2, -0.15) is 25.3 Å². The van der Waals surface area contributed by atoms with Gasteiger partial charge in [-0.15, -0.1) is 0 Å². The molecule has 13 N–H and O–H groups in total. The van der Waals surface area contributed by atoms with Crippen LogP contribution in [0.1, 0.15) is 149 Å². The van der Waals surface area contributed by atoms with E-state index in [9.17, 15) is 50.4 Å². The van der Waals surface area contributed by atoms with Crippen molar-refractivity contribution < 1.29 is 93.6 Å². The number of rotatable bonds is 24. The van der Waals surface area contributed by atoms with Gasteiger partial charge in [-0.1, -0.05) is 95.9 Å². The van der Waals surface area contributed by atoms with Crippen LogP contribution in [0, 0.1) is 23.7 Å². The Kier molecular flexibility index (Phi) is 43.6. The highest BCUT2D eigenvalue weighted by molar-refractivity contribution is 7.80. The number of thiol groups is 2. The van der Waals surface area contributed by atoms with Crippen molar-refractivity contribution in [3.8, 4) is 0 Å². The van der Waals surface area contributed by atoms with Crippen LogP contribution in [-0.2, 0) is 42.7 Å². The Morgan fingerprint density at radius 3 is 1.30 bits per heavy atom. The molecule has 21 nitrogen and oxygen atoms in total. The molecule has 0 aliphatic carbocycles. The largest absolute Gasteiger partial charge is 0.435 e. The molecule has 0 aromatic heterocycles. The van der Waals surface area contributed by atoms with Gasteiger partial charge >= 0.3 is 0 Å². The number of unbranched alkanes of at least 4 members (excludes halogenated alkanes) is 4. The fourth-order valence-corrected chi connectivity index (χ4v) is 9.29. The molecule has 23 heteroatoms. The summed E-state index contributed by atoms with van der Waals surface area (Å²) in [6.45, 7) is 28.4. The molecular formula is C54H114N3O18S2+. The summed E-state index contributed by atoms with van der Waals surface area (Å²) < 4.78 is 40.1. The highest BCUT2D eigenvalue weighted by Gasteiger charge is 2.52. The van der Waals surface area contributed by atoms with E-state index in [4.69, 9.17) is 38.9 Å². The van der Waals surface area contributed by atoms with Gasteiger partial charge in [-0.05, 0) is 65.2 Å². The second-order valence-corrected chi connectivity index (χ2v) is 21.9. The lowest BCUT2D eigenvalue weighted by molar-refractivity contribution is -0.929. The Bertz CT molecular complexity index is 1450. The number of aliphatic hydroxyl groups excluding tert-OH is 8. The Hall–Kier alpha value is -1.04. The standard InChI is InChI=1S/C18H33NO8S.C16H36N.C15H26O9.C3H9NS.2CH4.H2O/c1-7(6-28)19-17(24)16-15(14(23)13(22)10(4)25-16)27-18-9(3)8(2)12(21)11(5-20)26-18;1-5-9-13-17(14-10-6-2,15-11-7-3)16-12-8-4;1-6-7(2)14(23-9(4-16)10(6)18)24-13-12(20)11(19)8(3)22-15(13)21-5-17;1-3(4)2-5;;;/h7-16,18,20-23,28H,5-6H2,1-4H3,(H,19,24);5-16H2,1-4H3;5-16,18-20H,4H2,1-3H3;3,5H,2,4H2,1H3;2*1H4;1H2/q;+1;;;;;/t7?,8-,9?,10+,11?,12+,13?,14-,15+,16?,18+;;6-,7?,8+,9?,10+,11?,12-,13+,14+,15?;;;;/m1.1..../s1. The normalized spacial score (nSPS) is 35.6. The summed E-state index contributed by atoms with van der Waals surface area (Å²) in [6, 6.07) is 0.0245. The summed E-state index contributed by atoms with van der Waals surface area (Å²) in [6.07, 6.45) is -5.59. The third kappa shape index (κ3) is 25.1. The van der Waals surface area contributed by atoms with Crippen LogP contribution < -0.4 is 11.1 Å². The fourth-order valence-electron chi connectivity index (χ4n) is 9.20. The van der Waals surface area contributed by atoms with Crippen LogP contribution in [0.3, 0.4) is 0 Å². The molecule has 464 valence electrons. The van der Waals surface area contributed by atoms with E-state index in [1.165, 1.54) is 89.0 Å². The van der Waals surface area contributed by atoms with Gasteiger partial charge in [0.2, 0.25) is 6.29 Å². The minimum Gasteiger partial charge on any atom is -0.435 e. The number of aliphatic hydroxyl groups is 8. The Morgan fingerprint density at radius 2 is 0.961 bits per heavy atom. The number of nitrogens with zero attached hydrogens (tertiary/aromatic N) is 1. The maximum absolute atomic E-state index is 12.7. The van der Waals surface area contributed by atoms with Crippen molar-refractivity contribution in [3.05, 3.63) is 0 Å². The average molecular weight is 1160 g/mol. The zero-order valence-electron chi connectivity index (χ0n) is 47.3. The lowest BCUT2D eigenvalue weighted by Crippen LogP contribution is -2.64. The second kappa shape index (κ2) is 41.9. The summed E-state index contributed by atoms with van der Waals surface area (Å²) in [5, 5.41) is 82.8. The van der Waals surface area contributed by atoms with Crippen LogP contribution >= 0.6 is 25.3 Å². The summed E-state index contributed by atoms with van der Waals surface area (Å²) >= 11 is 8.03. The van der Waals surface area contributed by atoms with E-state index in [-0.39, 0.29) is 62.6 Å². The van der Waals surface area contributed by atoms with Crippen LogP contribution in [0.5, 0.6) is 0 Å². The van der Waals surface area contributed by atoms with E-state index in [1.54, 1.807) is 41.5 Å². The van der Waals surface area contributed by atoms with Crippen molar-refractivity contribution in [1.82, 2.24) is 5.32 Å². The maximum Gasteiger partial charge on any atom is 0.295 e. The number of quaternary nitrogens is 1. The number of nitrogens with two attached hydrogens (primary N) is 1. The van der Waals surface area contributed by atoms with Gasteiger partial charge in [0.1, 0.15) is 42.7 Å². The van der Waals surface area contributed by atoms with Crippen LogP contribution in [0.4, 0.5) is 0 Å². The SMILES string of the molecule is C.C.CC(CS)NC(=O)C1O[C@@H](C)C(O)[C@@H](O)[C@@H]1O[C@@H]1OC(CO)[C@@H](O)[C@H](C)C1C.CC(N)CS.CC1[C@H](O[C@@H]2C(OC=O)O[C@@H](C)C(O)[C@H]2O)OC(CO)[C@@H](O)[C@@H]1C.CCCC[N+](CCCC)(CCCC)CCCC.O. The van der Waals surface area contributed by atoms with E-state index in [0.29, 0.717) is 5.75 Å². The topological polar surface area (TPSA) is 330 Å². The first-order valence-corrected chi connectivity index (χ1v) is 28.7. The molecule has 0 bridgehead atoms. The average Bonchev–Trinajstić information content (AvgIpc) is 3.39. The monoisotopic (exact) mass is 1160 g/mol. The first-order chi connectivity index (χ1) is 34.9. The Balaban J connectivity index is -0.00000103. The summed E-state index contributed by atoms with van der Waals surface area (Å²) in [7, 11) is 0. The first kappa shape index (κ1) is 80.2. The molecule has 0 saturated carbocycles. The molecule has 22 atom stereocenters. The molecule has 4 aliphatic rings. The van der Waals surface area contributed by atoms with Crippen LogP contribution in [-0.4, -0.2) is 224 Å². The molecule has 1 amide bonds. The van der Waals surface area contributed by atoms with Crippen LogP contribution in [0.2, 0.25) is 0 Å². The quantitative estimate of drug-likeness (QED) is 0.0376. The highest BCUT2D eigenvalue weighted by Crippen LogP contribution is 2.36. The lowest BCUT2D eigenvalue weighted by Gasteiger charge is -2.46. The Labute approximate surface area is 474 Å². The summed E-state index contributed by atoms with van der Waals surface area (Å²) in [5.74, 6) is -0.347. The summed E-state index contributed by atoms with van der Waals surface area (Å²) in [5.41, 5.74) is 5.22. The minimum absolute atomic E-state index is 0. The van der Waals surface area contributed by atoms with E-state index < -0.39 is 117 Å². The number of carbonyl (C=O) groups excluding carboxylic acids is 2. The molecule has 0 aromatic carbocycles. The minimum atomic E-state index is -1.38. The maximum atomic E-state index is 12.7. The lowest BCUT2D eigenvalue weighted by atomic mass is 9.84. The van der Waals surface area contributed by atoms with Gasteiger partial charge < -0.3 is 95.0 Å². The molecule has 0 radical (unpaired) electrons. The molecule has 4 rings (SSSR count). The molecule has 4 aliphatic heterocycles. The zero-order valence-corrected chi connectivity index (χ0v) is 49.1. The van der Waals surface area contributed by atoms with Crippen LogP contribution in [0.15, 0.2) is 0 Å². The van der Waals surface area contributed by atoms with Crippen molar-refractivity contribution >= 4 is 37.6 Å². The van der Waals surface area contributed by atoms with Gasteiger partial charge in [0.15, 0.2) is 24.8 Å². The van der Waals surface area contributed by atoms with Crippen molar-refractivity contribution in [3.63, 3.8) is 0 Å². The van der Waals surface area contributed by atoms with Crippen molar-refractivity contribution in [2.24, 2.45) is 29.4 Å². The first-order valence-electron chi connectivity index (χ1n) is 27.4. The van der Waals surface area contributed by atoms with Crippen molar-refractivity contribution in [2.45, 2.75) is 260 Å². The predicted octanol–water partition coefficient (Wildman–Crippen LogP) is 2.74. The molecule has 10 unspecified atom stereocenters. The molecule has 4 saturated heterocycles. The smallest absolute Gasteiger partial charge is 0.295 e. The van der Waals surface area contributed by atoms with Gasteiger partial charge in [-0.25, -0.2) is 0 Å². The van der Waals surface area contributed by atoms with E-state index in [1.807, 2.05) is 6.92 Å². The highest BCUT2D eigenvalue weighted by atomic mass is 32.1. The predicted molar refractivity (Wildman–Crippen MR) is 305 cm³/mol. The molecule has 4 fully saturated rings. The number of carbonyl (C=O) groups is 2. The van der Waals surface area contributed by atoms with E-state index >= 15 is 0 Å². The molecule has 4 heterocycles. The van der Waals surface area contributed by atoms with E-state index in [0.717, 1.165) is 5.75 Å². The fraction of sp³-hybridized carbons (Fsp3) is 0.963. The number of ether oxygens (including phenoxy) is 7. The number of hydrogen-bond acceptors (Lipinski definition) is 20. The van der Waals surface area contributed by atoms with Crippen molar-refractivity contribution in [2.75, 3.05) is 50.9 Å². The zero-order chi connectivity index (χ0) is 56.5. The molecule has 77 heavy (non-hydrogen) atoms.